The van der Waals surface area contributed by atoms with Crippen LogP contribution in [-0.2, 0) is 0 Å². The quantitative estimate of drug-likeness (QED) is 0.558. The van der Waals surface area contributed by atoms with Crippen molar-refractivity contribution in [1.82, 2.24) is 15.2 Å². The molecule has 0 saturated heterocycles. The van der Waals surface area contributed by atoms with Gasteiger partial charge in [-0.05, 0) is 12.1 Å². The smallest absolute Gasteiger partial charge is 0.157 e. The Labute approximate surface area is 68.0 Å². The van der Waals surface area contributed by atoms with E-state index in [4.69, 9.17) is 11.6 Å². The molecule has 0 N–H and O–H groups in total. The lowest BCUT2D eigenvalue weighted by atomic mass is 10.3. The molecule has 0 unspecified atom stereocenters. The van der Waals surface area contributed by atoms with Gasteiger partial charge in [0, 0.05) is 11.6 Å². The van der Waals surface area contributed by atoms with Crippen LogP contribution in [0.1, 0.15) is 0 Å². The molecule has 0 saturated carbocycles. The Hall–Kier alpha value is -1.22. The number of hydrogen-bond acceptors (Lipinski definition) is 3. The Kier molecular flexibility index (Phi) is 1.43. The summed E-state index contributed by atoms with van der Waals surface area (Å²) in [6, 6.07) is 3.69. The Morgan fingerprint density at radius 2 is 2.00 bits per heavy atom. The van der Waals surface area contributed by atoms with E-state index in [1.165, 1.54) is 0 Å². The minimum atomic E-state index is 0.399. The molecule has 0 bridgehead atoms. The third-order valence-electron chi connectivity index (χ3n) is 1.39. The van der Waals surface area contributed by atoms with E-state index in [1.807, 2.05) is 12.1 Å². The lowest BCUT2D eigenvalue weighted by Gasteiger charge is -1.94. The van der Waals surface area contributed by atoms with Gasteiger partial charge < -0.3 is 0 Å². The number of pyridine rings is 1. The van der Waals surface area contributed by atoms with Crippen LogP contribution < -0.4 is 0 Å². The summed E-state index contributed by atoms with van der Waals surface area (Å²) < 4.78 is 0. The van der Waals surface area contributed by atoms with Gasteiger partial charge in [-0.25, -0.2) is 4.98 Å². The first kappa shape index (κ1) is 6.49. The van der Waals surface area contributed by atoms with Crippen LogP contribution in [0.15, 0.2) is 24.5 Å². The average Bonchev–Trinajstić information content (AvgIpc) is 2.06. The van der Waals surface area contributed by atoms with Crippen molar-refractivity contribution in [3.05, 3.63) is 29.7 Å². The number of aromatic nitrogens is 3. The predicted molar refractivity (Wildman–Crippen MR) is 42.3 cm³/mol. The standard InChI is InChI=1S/C7H4ClN3/c8-7-6-5(1-3-9-7)2-4-10-11-6/h1-4H. The highest BCUT2D eigenvalue weighted by Crippen LogP contribution is 2.15. The summed E-state index contributed by atoms with van der Waals surface area (Å²) in [5.74, 6) is 0. The molecule has 0 aromatic carbocycles. The zero-order chi connectivity index (χ0) is 7.68. The van der Waals surface area contributed by atoms with Gasteiger partial charge in [0.15, 0.2) is 5.15 Å². The summed E-state index contributed by atoms with van der Waals surface area (Å²) in [4.78, 5) is 3.87. The zero-order valence-electron chi connectivity index (χ0n) is 5.53. The second-order valence-electron chi connectivity index (χ2n) is 2.07. The first-order valence-corrected chi connectivity index (χ1v) is 3.47. The molecular formula is C7H4ClN3. The van der Waals surface area contributed by atoms with Crippen molar-refractivity contribution in [2.75, 3.05) is 0 Å². The van der Waals surface area contributed by atoms with Gasteiger partial charge >= 0.3 is 0 Å². The van der Waals surface area contributed by atoms with Crippen LogP contribution in [0.4, 0.5) is 0 Å². The Morgan fingerprint density at radius 3 is 2.82 bits per heavy atom. The van der Waals surface area contributed by atoms with Crippen molar-refractivity contribution in [3.8, 4) is 0 Å². The van der Waals surface area contributed by atoms with Crippen LogP contribution in [0.5, 0.6) is 0 Å². The van der Waals surface area contributed by atoms with Gasteiger partial charge in [0.1, 0.15) is 5.52 Å². The molecule has 2 rings (SSSR count). The Bertz CT molecular complexity index is 383. The molecule has 0 spiro atoms. The normalized spacial score (nSPS) is 10.3. The van der Waals surface area contributed by atoms with E-state index >= 15 is 0 Å². The first-order valence-electron chi connectivity index (χ1n) is 3.10. The van der Waals surface area contributed by atoms with Crippen molar-refractivity contribution in [1.29, 1.82) is 0 Å². The minimum absolute atomic E-state index is 0.399. The molecule has 0 fully saturated rings. The van der Waals surface area contributed by atoms with Gasteiger partial charge in [-0.2, -0.15) is 5.10 Å². The lowest BCUT2D eigenvalue weighted by Crippen LogP contribution is -1.84. The van der Waals surface area contributed by atoms with E-state index in [0.717, 1.165) is 5.39 Å². The molecule has 0 aliphatic carbocycles. The van der Waals surface area contributed by atoms with Gasteiger partial charge in [0.25, 0.3) is 0 Å². The number of fused-ring (bicyclic) bond motifs is 1. The molecule has 2 aromatic rings. The maximum absolute atomic E-state index is 5.74. The van der Waals surface area contributed by atoms with E-state index in [-0.39, 0.29) is 0 Å². The monoisotopic (exact) mass is 165 g/mol. The van der Waals surface area contributed by atoms with E-state index in [0.29, 0.717) is 10.7 Å². The number of rotatable bonds is 0. The third-order valence-corrected chi connectivity index (χ3v) is 1.67. The Balaban J connectivity index is 2.91. The summed E-state index contributed by atoms with van der Waals surface area (Å²) >= 11 is 5.74. The van der Waals surface area contributed by atoms with Crippen LogP contribution in [0.25, 0.3) is 10.9 Å². The molecule has 0 aliphatic heterocycles. The van der Waals surface area contributed by atoms with Crippen molar-refractivity contribution in [2.24, 2.45) is 0 Å². The first-order chi connectivity index (χ1) is 5.38. The van der Waals surface area contributed by atoms with Crippen molar-refractivity contribution in [2.45, 2.75) is 0 Å². The van der Waals surface area contributed by atoms with Crippen molar-refractivity contribution >= 4 is 22.5 Å². The predicted octanol–water partition coefficient (Wildman–Crippen LogP) is 1.68. The maximum atomic E-state index is 5.74. The van der Waals surface area contributed by atoms with Crippen molar-refractivity contribution < 1.29 is 0 Å². The molecule has 4 heteroatoms. The number of nitrogens with zero attached hydrogens (tertiary/aromatic N) is 3. The van der Waals surface area contributed by atoms with E-state index < -0.39 is 0 Å². The summed E-state index contributed by atoms with van der Waals surface area (Å²) in [7, 11) is 0. The van der Waals surface area contributed by atoms with Gasteiger partial charge in [-0.1, -0.05) is 11.6 Å². The molecule has 0 radical (unpaired) electrons. The summed E-state index contributed by atoms with van der Waals surface area (Å²) in [6.07, 6.45) is 3.27. The Morgan fingerprint density at radius 1 is 1.18 bits per heavy atom. The fraction of sp³-hybridized carbons (Fsp3) is 0. The molecule has 54 valence electrons. The van der Waals surface area contributed by atoms with Crippen LogP contribution in [0, 0.1) is 0 Å². The average molecular weight is 166 g/mol. The molecule has 3 nitrogen and oxygen atoms in total. The molecule has 0 amide bonds. The van der Waals surface area contributed by atoms with Gasteiger partial charge in [0.2, 0.25) is 0 Å². The van der Waals surface area contributed by atoms with Gasteiger partial charge in [-0.15, -0.1) is 5.10 Å². The zero-order valence-corrected chi connectivity index (χ0v) is 6.28. The maximum Gasteiger partial charge on any atom is 0.157 e. The highest BCUT2D eigenvalue weighted by molar-refractivity contribution is 6.33. The fourth-order valence-corrected chi connectivity index (χ4v) is 1.08. The second kappa shape index (κ2) is 2.43. The molecular weight excluding hydrogens is 162 g/mol. The molecule has 0 atom stereocenters. The molecule has 0 aliphatic rings. The van der Waals surface area contributed by atoms with E-state index in [9.17, 15) is 0 Å². The highest BCUT2D eigenvalue weighted by Gasteiger charge is 1.98. The van der Waals surface area contributed by atoms with Gasteiger partial charge in [0.05, 0.1) is 6.20 Å². The lowest BCUT2D eigenvalue weighted by molar-refractivity contribution is 1.07. The number of hydrogen-bond donors (Lipinski definition) is 0. The minimum Gasteiger partial charge on any atom is -0.242 e. The summed E-state index contributed by atoms with van der Waals surface area (Å²) in [5, 5.41) is 8.89. The van der Waals surface area contributed by atoms with E-state index in [1.54, 1.807) is 12.4 Å². The van der Waals surface area contributed by atoms with Crippen LogP contribution in [0.2, 0.25) is 5.15 Å². The third kappa shape index (κ3) is 1.03. The topological polar surface area (TPSA) is 38.7 Å². The fourth-order valence-electron chi connectivity index (χ4n) is 0.880. The summed E-state index contributed by atoms with van der Waals surface area (Å²) in [5.41, 5.74) is 0.650. The number of halogens is 1. The molecule has 2 heterocycles. The largest absolute Gasteiger partial charge is 0.242 e. The SMILES string of the molecule is Clc1nccc2ccnnc12. The van der Waals surface area contributed by atoms with Crippen LogP contribution >= 0.6 is 11.6 Å². The van der Waals surface area contributed by atoms with Crippen LogP contribution in [-0.4, -0.2) is 15.2 Å². The second-order valence-corrected chi connectivity index (χ2v) is 2.43. The van der Waals surface area contributed by atoms with Crippen molar-refractivity contribution in [3.63, 3.8) is 0 Å². The highest BCUT2D eigenvalue weighted by atomic mass is 35.5. The molecule has 11 heavy (non-hydrogen) atoms. The van der Waals surface area contributed by atoms with Crippen LogP contribution in [0.3, 0.4) is 0 Å². The van der Waals surface area contributed by atoms with Gasteiger partial charge in [-0.3, -0.25) is 0 Å². The summed E-state index contributed by atoms with van der Waals surface area (Å²) in [6.45, 7) is 0. The molecule has 2 aromatic heterocycles. The van der Waals surface area contributed by atoms with E-state index in [2.05, 4.69) is 15.2 Å².